The molecule has 2 aromatic heterocycles. The van der Waals surface area contributed by atoms with E-state index in [9.17, 15) is 4.79 Å². The molecule has 0 saturated heterocycles. The number of rotatable bonds is 9. The Morgan fingerprint density at radius 1 is 1.29 bits per heavy atom. The van der Waals surface area contributed by atoms with Crippen LogP contribution < -0.4 is 4.74 Å². The minimum Gasteiger partial charge on any atom is -0.481 e. The number of carbonyl (C=O) groups excluding carboxylic acids is 1. The van der Waals surface area contributed by atoms with Crippen LogP contribution in [-0.4, -0.2) is 42.6 Å². The summed E-state index contributed by atoms with van der Waals surface area (Å²) in [7, 11) is 0.464. The third-order valence-electron chi connectivity index (χ3n) is 3.68. The van der Waals surface area contributed by atoms with Gasteiger partial charge in [0.05, 0.1) is 7.11 Å². The fourth-order valence-corrected chi connectivity index (χ4v) is 2.98. The van der Waals surface area contributed by atoms with Crippen molar-refractivity contribution in [3.05, 3.63) is 41.6 Å². The van der Waals surface area contributed by atoms with E-state index in [2.05, 4.69) is 29.6 Å². The molecule has 0 unspecified atom stereocenters. The van der Waals surface area contributed by atoms with Crippen LogP contribution in [0.3, 0.4) is 0 Å². The lowest BCUT2D eigenvalue weighted by Gasteiger charge is -2.16. The smallest absolute Gasteiger partial charge is 0.213 e. The molecule has 0 aliphatic rings. The molecule has 0 bridgehead atoms. The summed E-state index contributed by atoms with van der Waals surface area (Å²) >= 11 is 0. The second-order valence-electron chi connectivity index (χ2n) is 6.88. The summed E-state index contributed by atoms with van der Waals surface area (Å²) in [6.07, 6.45) is 4.83. The van der Waals surface area contributed by atoms with Gasteiger partial charge in [0, 0.05) is 45.3 Å². The van der Waals surface area contributed by atoms with E-state index in [0.29, 0.717) is 31.5 Å². The summed E-state index contributed by atoms with van der Waals surface area (Å²) < 4.78 is 12.8. The van der Waals surface area contributed by atoms with E-state index < -0.39 is 8.07 Å². The van der Waals surface area contributed by atoms with Crippen LogP contribution in [0.4, 0.5) is 0 Å². The van der Waals surface area contributed by atoms with E-state index in [1.54, 1.807) is 19.5 Å². The number of imidazole rings is 1. The van der Waals surface area contributed by atoms with Crippen LogP contribution in [0.25, 0.3) is 0 Å². The molecule has 0 atom stereocenters. The number of methoxy groups -OCH3 is 1. The van der Waals surface area contributed by atoms with Gasteiger partial charge >= 0.3 is 0 Å². The summed E-state index contributed by atoms with van der Waals surface area (Å²) in [5.74, 6) is 0.958. The van der Waals surface area contributed by atoms with Crippen molar-refractivity contribution in [2.75, 3.05) is 13.7 Å². The number of aldehydes is 1. The molecule has 0 N–H and O–H groups in total. The molecule has 2 rings (SSSR count). The molecule has 24 heavy (non-hydrogen) atoms. The Bertz CT molecular complexity index is 680. The lowest BCUT2D eigenvalue weighted by Crippen LogP contribution is -2.22. The fourth-order valence-electron chi connectivity index (χ4n) is 2.23. The summed E-state index contributed by atoms with van der Waals surface area (Å²) in [6.45, 7) is 7.98. The maximum absolute atomic E-state index is 11.2. The van der Waals surface area contributed by atoms with Gasteiger partial charge in [-0.1, -0.05) is 19.6 Å². The second-order valence-corrected chi connectivity index (χ2v) is 12.5. The van der Waals surface area contributed by atoms with Gasteiger partial charge in [0.2, 0.25) is 5.88 Å². The normalized spacial score (nSPS) is 11.5. The van der Waals surface area contributed by atoms with E-state index in [-0.39, 0.29) is 0 Å². The zero-order valence-corrected chi connectivity index (χ0v) is 15.8. The highest BCUT2D eigenvalue weighted by Crippen LogP contribution is 2.15. The van der Waals surface area contributed by atoms with E-state index in [1.807, 2.05) is 16.7 Å². The highest BCUT2D eigenvalue weighted by molar-refractivity contribution is 6.76. The van der Waals surface area contributed by atoms with Crippen molar-refractivity contribution in [1.82, 2.24) is 14.5 Å². The molecule has 7 heteroatoms. The van der Waals surface area contributed by atoms with E-state index in [1.165, 1.54) is 0 Å². The molecule has 0 radical (unpaired) electrons. The Labute approximate surface area is 143 Å². The minimum atomic E-state index is -1.13. The molecule has 2 aromatic rings. The summed E-state index contributed by atoms with van der Waals surface area (Å²) in [5.41, 5.74) is 1.97. The van der Waals surface area contributed by atoms with Crippen LogP contribution in [0.15, 0.2) is 24.5 Å². The van der Waals surface area contributed by atoms with Gasteiger partial charge in [-0.2, -0.15) is 0 Å². The number of aromatic nitrogens is 3. The first-order valence-electron chi connectivity index (χ1n) is 7.99. The molecule has 0 aliphatic heterocycles. The van der Waals surface area contributed by atoms with Crippen molar-refractivity contribution in [3.63, 3.8) is 0 Å². The summed E-state index contributed by atoms with van der Waals surface area (Å²) in [5, 5.41) is 0. The van der Waals surface area contributed by atoms with Gasteiger partial charge in [0.15, 0.2) is 12.1 Å². The fraction of sp³-hybridized carbons (Fsp3) is 0.471. The van der Waals surface area contributed by atoms with Gasteiger partial charge in [0.25, 0.3) is 0 Å². The molecule has 0 saturated carbocycles. The molecule has 0 fully saturated rings. The van der Waals surface area contributed by atoms with Crippen LogP contribution in [0.2, 0.25) is 25.7 Å². The first-order valence-corrected chi connectivity index (χ1v) is 11.7. The average molecular weight is 347 g/mol. The summed E-state index contributed by atoms with van der Waals surface area (Å²) in [4.78, 5) is 19.5. The first kappa shape index (κ1) is 18.3. The lowest BCUT2D eigenvalue weighted by atomic mass is 10.1. The largest absolute Gasteiger partial charge is 0.481 e. The predicted octanol–water partition coefficient (Wildman–Crippen LogP) is 3.00. The predicted molar refractivity (Wildman–Crippen MR) is 95.3 cm³/mol. The highest BCUT2D eigenvalue weighted by atomic mass is 28.3. The number of nitrogens with zero attached hydrogens (tertiary/aromatic N) is 3. The Balaban J connectivity index is 2.07. The van der Waals surface area contributed by atoms with E-state index >= 15 is 0 Å². The number of ether oxygens (including phenoxy) is 2. The number of pyridine rings is 1. The Kier molecular flexibility index (Phi) is 6.27. The van der Waals surface area contributed by atoms with Crippen molar-refractivity contribution in [2.24, 2.45) is 0 Å². The van der Waals surface area contributed by atoms with Crippen molar-refractivity contribution >= 4 is 14.4 Å². The van der Waals surface area contributed by atoms with Crippen LogP contribution in [0.1, 0.15) is 21.9 Å². The van der Waals surface area contributed by atoms with E-state index in [4.69, 9.17) is 9.47 Å². The van der Waals surface area contributed by atoms with Gasteiger partial charge in [-0.3, -0.25) is 4.79 Å². The van der Waals surface area contributed by atoms with Crippen LogP contribution in [0, 0.1) is 0 Å². The zero-order valence-electron chi connectivity index (χ0n) is 14.8. The van der Waals surface area contributed by atoms with E-state index in [0.717, 1.165) is 23.6 Å². The number of hydrogen-bond donors (Lipinski definition) is 0. The number of carbonyl (C=O) groups is 1. The van der Waals surface area contributed by atoms with Crippen molar-refractivity contribution in [3.8, 4) is 5.88 Å². The van der Waals surface area contributed by atoms with Gasteiger partial charge < -0.3 is 14.0 Å². The maximum atomic E-state index is 11.2. The molecule has 2 heterocycles. The molecule has 0 aromatic carbocycles. The zero-order chi connectivity index (χ0) is 17.6. The quantitative estimate of drug-likeness (QED) is 0.396. The maximum Gasteiger partial charge on any atom is 0.213 e. The Morgan fingerprint density at radius 3 is 2.75 bits per heavy atom. The SMILES string of the molecule is COc1cc(Cc2cnc(C=O)n2COCC[Si](C)(C)C)ccn1. The minimum absolute atomic E-state index is 0.343. The molecule has 0 amide bonds. The Hall–Kier alpha value is -1.99. The lowest BCUT2D eigenvalue weighted by molar-refractivity contribution is 0.0817. The summed E-state index contributed by atoms with van der Waals surface area (Å²) in [6, 6.07) is 4.89. The third-order valence-corrected chi connectivity index (χ3v) is 5.39. The molecule has 6 nitrogen and oxygen atoms in total. The molecule has 130 valence electrons. The van der Waals surface area contributed by atoms with Crippen molar-refractivity contribution < 1.29 is 14.3 Å². The van der Waals surface area contributed by atoms with Gasteiger partial charge in [0.1, 0.15) is 6.73 Å². The molecule has 0 aliphatic carbocycles. The van der Waals surface area contributed by atoms with Crippen LogP contribution in [0.5, 0.6) is 5.88 Å². The number of hydrogen-bond acceptors (Lipinski definition) is 5. The molecular weight excluding hydrogens is 322 g/mol. The highest BCUT2D eigenvalue weighted by Gasteiger charge is 2.14. The second kappa shape index (κ2) is 8.21. The topological polar surface area (TPSA) is 66.2 Å². The van der Waals surface area contributed by atoms with Crippen molar-refractivity contribution in [1.29, 1.82) is 0 Å². The Morgan fingerprint density at radius 2 is 2.08 bits per heavy atom. The molecular formula is C17H25N3O3Si. The van der Waals surface area contributed by atoms with Gasteiger partial charge in [-0.15, -0.1) is 0 Å². The monoisotopic (exact) mass is 347 g/mol. The standard InChI is InChI=1S/C17H25N3O3Si/c1-22-17-10-14(5-6-18-17)9-15-11-19-16(12-21)20(15)13-23-7-8-24(2,3)4/h5-6,10-12H,7-9,13H2,1-4H3. The third kappa shape index (κ3) is 5.28. The van der Waals surface area contributed by atoms with Crippen LogP contribution >= 0.6 is 0 Å². The molecule has 0 spiro atoms. The van der Waals surface area contributed by atoms with Gasteiger partial charge in [-0.05, 0) is 17.7 Å². The van der Waals surface area contributed by atoms with Gasteiger partial charge in [-0.25, -0.2) is 9.97 Å². The first-order chi connectivity index (χ1) is 11.4. The average Bonchev–Trinajstić information content (AvgIpc) is 2.92. The van der Waals surface area contributed by atoms with Crippen molar-refractivity contribution in [2.45, 2.75) is 38.8 Å². The van der Waals surface area contributed by atoms with Crippen LogP contribution in [-0.2, 0) is 17.9 Å².